The van der Waals surface area contributed by atoms with Crippen molar-refractivity contribution in [1.82, 2.24) is 0 Å². The summed E-state index contributed by atoms with van der Waals surface area (Å²) in [5.41, 5.74) is 6.59. The normalized spacial score (nSPS) is 11.0. The van der Waals surface area contributed by atoms with Crippen LogP contribution in [0.4, 0.5) is 0 Å². The number of hydrogen-bond donors (Lipinski definition) is 0. The van der Waals surface area contributed by atoms with E-state index in [9.17, 15) is 0 Å². The van der Waals surface area contributed by atoms with Crippen LogP contribution >= 0.6 is 0 Å². The summed E-state index contributed by atoms with van der Waals surface area (Å²) in [4.78, 5) is 0. The van der Waals surface area contributed by atoms with Crippen LogP contribution in [0, 0.1) is 20.8 Å². The fourth-order valence-electron chi connectivity index (χ4n) is 3.06. The zero-order chi connectivity index (χ0) is 14.3. The first-order valence-corrected chi connectivity index (χ1v) is 7.03. The number of pyridine rings is 1. The van der Waals surface area contributed by atoms with Gasteiger partial charge in [0.05, 0.1) is 5.39 Å². The smallest absolute Gasteiger partial charge is 0.200 e. The second kappa shape index (κ2) is 4.75. The van der Waals surface area contributed by atoms with E-state index in [-0.39, 0.29) is 0 Å². The third-order valence-electron chi connectivity index (χ3n) is 3.98. The van der Waals surface area contributed by atoms with Crippen LogP contribution in [0.5, 0.6) is 0 Å². The molecule has 0 bridgehead atoms. The van der Waals surface area contributed by atoms with Crippen molar-refractivity contribution in [2.75, 3.05) is 0 Å². The van der Waals surface area contributed by atoms with E-state index in [1.165, 1.54) is 38.7 Å². The lowest BCUT2D eigenvalue weighted by Crippen LogP contribution is -2.31. The molecular weight excluding hydrogens is 242 g/mol. The first kappa shape index (κ1) is 12.9. The summed E-state index contributed by atoms with van der Waals surface area (Å²) in [6.07, 6.45) is 2.16. The van der Waals surface area contributed by atoms with Crippen molar-refractivity contribution in [3.8, 4) is 11.3 Å². The number of fused-ring (bicyclic) bond motifs is 1. The van der Waals surface area contributed by atoms with Crippen molar-refractivity contribution in [2.24, 2.45) is 7.05 Å². The Bertz CT molecular complexity index is 800. The number of rotatable bonds is 1. The standard InChI is InChI=1S/C19H20N/c1-13-11-15(3)18-16(12-13)9-10-20(4)19(18)17-8-6-5-7-14(17)2/h5-12H,1-4H3/q+1. The van der Waals surface area contributed by atoms with Crippen molar-refractivity contribution in [3.63, 3.8) is 0 Å². The predicted molar refractivity (Wildman–Crippen MR) is 84.8 cm³/mol. The SMILES string of the molecule is Cc1cc(C)c2c(-c3ccccc3C)[n+](C)ccc2c1. The number of aryl methyl sites for hydroxylation is 4. The van der Waals surface area contributed by atoms with Gasteiger partial charge in [0.25, 0.3) is 0 Å². The van der Waals surface area contributed by atoms with E-state index in [0.717, 1.165) is 0 Å². The summed E-state index contributed by atoms with van der Waals surface area (Å²) < 4.78 is 2.23. The van der Waals surface area contributed by atoms with Gasteiger partial charge in [-0.15, -0.1) is 0 Å². The van der Waals surface area contributed by atoms with Crippen LogP contribution in [0.3, 0.4) is 0 Å². The average Bonchev–Trinajstić information content (AvgIpc) is 2.40. The molecular formula is C19H20N+. The quantitative estimate of drug-likeness (QED) is 0.577. The van der Waals surface area contributed by atoms with Gasteiger partial charge >= 0.3 is 0 Å². The van der Waals surface area contributed by atoms with E-state index in [2.05, 4.69) is 81.0 Å². The zero-order valence-electron chi connectivity index (χ0n) is 12.6. The molecule has 3 rings (SSSR count). The van der Waals surface area contributed by atoms with Crippen molar-refractivity contribution >= 4 is 10.8 Å². The van der Waals surface area contributed by atoms with E-state index >= 15 is 0 Å². The Balaban J connectivity index is 2.47. The summed E-state index contributed by atoms with van der Waals surface area (Å²) in [6.45, 7) is 6.54. The Kier molecular flexibility index (Phi) is 3.06. The molecule has 1 aromatic heterocycles. The highest BCUT2D eigenvalue weighted by atomic mass is 14.9. The number of nitrogens with zero attached hydrogens (tertiary/aromatic N) is 1. The minimum atomic E-state index is 1.30. The van der Waals surface area contributed by atoms with Crippen molar-refractivity contribution in [3.05, 3.63) is 65.4 Å². The van der Waals surface area contributed by atoms with Gasteiger partial charge in [-0.25, -0.2) is 4.57 Å². The zero-order valence-corrected chi connectivity index (χ0v) is 12.6. The highest BCUT2D eigenvalue weighted by Crippen LogP contribution is 2.30. The van der Waals surface area contributed by atoms with E-state index in [0.29, 0.717) is 0 Å². The number of aromatic nitrogens is 1. The number of benzene rings is 2. The summed E-state index contributed by atoms with van der Waals surface area (Å²) in [6, 6.07) is 15.3. The third-order valence-corrected chi connectivity index (χ3v) is 3.98. The van der Waals surface area contributed by atoms with E-state index in [1.54, 1.807) is 0 Å². The van der Waals surface area contributed by atoms with Crippen LogP contribution in [-0.4, -0.2) is 0 Å². The van der Waals surface area contributed by atoms with E-state index in [4.69, 9.17) is 0 Å². The lowest BCUT2D eigenvalue weighted by atomic mass is 9.95. The Morgan fingerprint density at radius 3 is 2.35 bits per heavy atom. The van der Waals surface area contributed by atoms with Crippen molar-refractivity contribution in [2.45, 2.75) is 20.8 Å². The monoisotopic (exact) mass is 262 g/mol. The molecule has 20 heavy (non-hydrogen) atoms. The Morgan fingerprint density at radius 1 is 0.850 bits per heavy atom. The fraction of sp³-hybridized carbons (Fsp3) is 0.211. The van der Waals surface area contributed by atoms with E-state index < -0.39 is 0 Å². The van der Waals surface area contributed by atoms with Crippen LogP contribution in [0.2, 0.25) is 0 Å². The van der Waals surface area contributed by atoms with Crippen LogP contribution in [0.15, 0.2) is 48.7 Å². The molecule has 0 saturated heterocycles. The van der Waals surface area contributed by atoms with Crippen LogP contribution in [0.25, 0.3) is 22.0 Å². The van der Waals surface area contributed by atoms with Crippen molar-refractivity contribution < 1.29 is 4.57 Å². The van der Waals surface area contributed by atoms with Crippen LogP contribution < -0.4 is 4.57 Å². The van der Waals surface area contributed by atoms with Gasteiger partial charge in [0.1, 0.15) is 7.05 Å². The van der Waals surface area contributed by atoms with Gasteiger partial charge in [0, 0.05) is 11.6 Å². The molecule has 0 aliphatic carbocycles. The Labute approximate surface area is 120 Å². The maximum Gasteiger partial charge on any atom is 0.220 e. The van der Waals surface area contributed by atoms with Crippen molar-refractivity contribution in [1.29, 1.82) is 0 Å². The average molecular weight is 262 g/mol. The molecule has 100 valence electrons. The molecule has 0 radical (unpaired) electrons. The Hall–Kier alpha value is -2.15. The lowest BCUT2D eigenvalue weighted by Gasteiger charge is -2.10. The molecule has 0 amide bonds. The lowest BCUT2D eigenvalue weighted by molar-refractivity contribution is -0.659. The highest BCUT2D eigenvalue weighted by Gasteiger charge is 2.18. The Morgan fingerprint density at radius 2 is 1.60 bits per heavy atom. The molecule has 0 spiro atoms. The molecule has 0 saturated carbocycles. The molecule has 0 N–H and O–H groups in total. The number of hydrogen-bond acceptors (Lipinski definition) is 0. The minimum Gasteiger partial charge on any atom is -0.200 e. The molecule has 1 heterocycles. The van der Waals surface area contributed by atoms with Gasteiger partial charge in [-0.3, -0.25) is 0 Å². The molecule has 0 aliphatic heterocycles. The van der Waals surface area contributed by atoms with E-state index in [1.807, 2.05) is 0 Å². The van der Waals surface area contributed by atoms with Gasteiger partial charge in [0.15, 0.2) is 6.20 Å². The van der Waals surface area contributed by atoms with Gasteiger partial charge in [0.2, 0.25) is 5.69 Å². The molecule has 0 atom stereocenters. The molecule has 0 aliphatic rings. The second-order valence-electron chi connectivity index (χ2n) is 5.64. The van der Waals surface area contributed by atoms with Gasteiger partial charge in [-0.2, -0.15) is 0 Å². The fourth-order valence-corrected chi connectivity index (χ4v) is 3.06. The van der Waals surface area contributed by atoms with Gasteiger partial charge in [-0.05, 0) is 43.4 Å². The minimum absolute atomic E-state index is 1.30. The topological polar surface area (TPSA) is 3.88 Å². The highest BCUT2D eigenvalue weighted by molar-refractivity contribution is 5.96. The first-order valence-electron chi connectivity index (χ1n) is 7.03. The largest absolute Gasteiger partial charge is 0.220 e. The molecule has 3 aromatic rings. The van der Waals surface area contributed by atoms with Gasteiger partial charge < -0.3 is 0 Å². The predicted octanol–water partition coefficient (Wildman–Crippen LogP) is 4.26. The first-order chi connectivity index (χ1) is 9.58. The van der Waals surface area contributed by atoms with Gasteiger partial charge in [-0.1, -0.05) is 35.9 Å². The summed E-state index contributed by atoms with van der Waals surface area (Å²) in [7, 11) is 2.13. The second-order valence-corrected chi connectivity index (χ2v) is 5.64. The maximum absolute atomic E-state index is 2.27. The molecule has 0 fully saturated rings. The van der Waals surface area contributed by atoms with Crippen LogP contribution in [-0.2, 0) is 7.05 Å². The summed E-state index contributed by atoms with van der Waals surface area (Å²) in [5.74, 6) is 0. The molecule has 0 unspecified atom stereocenters. The third kappa shape index (κ3) is 2.00. The molecule has 2 aromatic carbocycles. The summed E-state index contributed by atoms with van der Waals surface area (Å²) in [5, 5.41) is 2.67. The maximum atomic E-state index is 2.27. The molecule has 1 heteroatoms. The van der Waals surface area contributed by atoms with Crippen LogP contribution in [0.1, 0.15) is 16.7 Å². The summed E-state index contributed by atoms with van der Waals surface area (Å²) >= 11 is 0. The molecule has 1 nitrogen and oxygen atoms in total.